The van der Waals surface area contributed by atoms with E-state index >= 15 is 0 Å². The molecule has 1 rings (SSSR count). The summed E-state index contributed by atoms with van der Waals surface area (Å²) in [4.78, 5) is 11.6. The van der Waals surface area contributed by atoms with Crippen LogP contribution in [0.3, 0.4) is 0 Å². The average molecular weight is 250 g/mol. The molecule has 0 saturated carbocycles. The molecule has 0 radical (unpaired) electrons. The maximum atomic E-state index is 11.6. The number of urea groups is 1. The van der Waals surface area contributed by atoms with Gasteiger partial charge in [0.2, 0.25) is 0 Å². The molecule has 0 aliphatic heterocycles. The van der Waals surface area contributed by atoms with Gasteiger partial charge in [0.15, 0.2) is 0 Å². The van der Waals surface area contributed by atoms with Gasteiger partial charge in [-0.3, -0.25) is 0 Å². The van der Waals surface area contributed by atoms with Crippen LogP contribution in [0.2, 0.25) is 0 Å². The summed E-state index contributed by atoms with van der Waals surface area (Å²) in [6.45, 7) is 6.22. The Bertz CT molecular complexity index is 393. The number of aryl methyl sites for hydroxylation is 1. The SMILES string of the molecule is CCC(C)C(O)CNC(=O)Nc1cccc(C)c1. The Kier molecular flexibility index (Phi) is 5.65. The summed E-state index contributed by atoms with van der Waals surface area (Å²) in [5.74, 6) is 0.185. The minimum atomic E-state index is -0.502. The van der Waals surface area contributed by atoms with Gasteiger partial charge in [-0.25, -0.2) is 4.79 Å². The molecule has 1 aromatic rings. The quantitative estimate of drug-likeness (QED) is 0.752. The predicted octanol–water partition coefficient (Wildman–Crippen LogP) is 2.52. The second-order valence-electron chi connectivity index (χ2n) is 4.66. The van der Waals surface area contributed by atoms with Crippen LogP contribution in [-0.4, -0.2) is 23.8 Å². The Labute approximate surface area is 108 Å². The highest BCUT2D eigenvalue weighted by molar-refractivity contribution is 5.89. The Morgan fingerprint density at radius 3 is 2.78 bits per heavy atom. The third-order valence-corrected chi connectivity index (χ3v) is 3.05. The molecular formula is C14H22N2O2. The molecule has 0 fully saturated rings. The number of hydrogen-bond acceptors (Lipinski definition) is 2. The number of nitrogens with one attached hydrogen (secondary N) is 2. The average Bonchev–Trinajstić information content (AvgIpc) is 2.35. The minimum Gasteiger partial charge on any atom is -0.391 e. The summed E-state index contributed by atoms with van der Waals surface area (Å²) in [6.07, 6.45) is 0.390. The van der Waals surface area contributed by atoms with Gasteiger partial charge in [-0.05, 0) is 30.5 Å². The van der Waals surface area contributed by atoms with Crippen LogP contribution < -0.4 is 10.6 Å². The summed E-state index contributed by atoms with van der Waals surface area (Å²) in [7, 11) is 0. The fourth-order valence-electron chi connectivity index (χ4n) is 1.57. The second-order valence-corrected chi connectivity index (χ2v) is 4.66. The standard InChI is InChI=1S/C14H22N2O2/c1-4-11(3)13(17)9-15-14(18)16-12-7-5-6-10(2)8-12/h5-8,11,13,17H,4,9H2,1-3H3,(H2,15,16,18). The molecule has 0 aliphatic carbocycles. The Hall–Kier alpha value is -1.55. The van der Waals surface area contributed by atoms with Crippen molar-refractivity contribution in [2.24, 2.45) is 5.92 Å². The number of rotatable bonds is 5. The van der Waals surface area contributed by atoms with Gasteiger partial charge in [0.05, 0.1) is 6.10 Å². The number of aliphatic hydroxyl groups excluding tert-OH is 1. The fourth-order valence-corrected chi connectivity index (χ4v) is 1.57. The van der Waals surface area contributed by atoms with Crippen LogP contribution in [0, 0.1) is 12.8 Å². The molecule has 3 N–H and O–H groups in total. The van der Waals surface area contributed by atoms with Gasteiger partial charge in [-0.2, -0.15) is 0 Å². The number of hydrogen-bond donors (Lipinski definition) is 3. The lowest BCUT2D eigenvalue weighted by atomic mass is 10.0. The first-order valence-electron chi connectivity index (χ1n) is 6.32. The van der Waals surface area contributed by atoms with Gasteiger partial charge in [-0.15, -0.1) is 0 Å². The molecule has 2 unspecified atom stereocenters. The number of anilines is 1. The lowest BCUT2D eigenvalue weighted by Crippen LogP contribution is -2.37. The topological polar surface area (TPSA) is 61.4 Å². The minimum absolute atomic E-state index is 0.185. The van der Waals surface area contributed by atoms with Gasteiger partial charge in [0, 0.05) is 12.2 Å². The van der Waals surface area contributed by atoms with E-state index in [0.29, 0.717) is 0 Å². The van der Waals surface area contributed by atoms with Crippen LogP contribution in [0.25, 0.3) is 0 Å². The third kappa shape index (κ3) is 4.75. The van der Waals surface area contributed by atoms with E-state index in [0.717, 1.165) is 17.7 Å². The van der Waals surface area contributed by atoms with Gasteiger partial charge in [0.1, 0.15) is 0 Å². The molecule has 1 aromatic carbocycles. The summed E-state index contributed by atoms with van der Waals surface area (Å²) < 4.78 is 0. The lowest BCUT2D eigenvalue weighted by molar-refractivity contribution is 0.115. The first kappa shape index (κ1) is 14.5. The van der Waals surface area contributed by atoms with Gasteiger partial charge in [-0.1, -0.05) is 32.4 Å². The number of carbonyl (C=O) groups excluding carboxylic acids is 1. The van der Waals surface area contributed by atoms with Crippen molar-refractivity contribution in [2.75, 3.05) is 11.9 Å². The molecular weight excluding hydrogens is 228 g/mol. The van der Waals surface area contributed by atoms with Crippen molar-refractivity contribution >= 4 is 11.7 Å². The molecule has 0 aromatic heterocycles. The monoisotopic (exact) mass is 250 g/mol. The molecule has 4 heteroatoms. The maximum absolute atomic E-state index is 11.6. The summed E-state index contributed by atoms with van der Waals surface area (Å²) >= 11 is 0. The Morgan fingerprint density at radius 2 is 2.17 bits per heavy atom. The van der Waals surface area contributed by atoms with Crippen LogP contribution in [0.5, 0.6) is 0 Å². The van der Waals surface area contributed by atoms with E-state index in [1.54, 1.807) is 0 Å². The zero-order valence-electron chi connectivity index (χ0n) is 11.2. The molecule has 18 heavy (non-hydrogen) atoms. The fraction of sp³-hybridized carbons (Fsp3) is 0.500. The lowest BCUT2D eigenvalue weighted by Gasteiger charge is -2.17. The van der Waals surface area contributed by atoms with E-state index in [4.69, 9.17) is 0 Å². The molecule has 0 bridgehead atoms. The Morgan fingerprint density at radius 1 is 1.44 bits per heavy atom. The molecule has 2 atom stereocenters. The largest absolute Gasteiger partial charge is 0.391 e. The van der Waals surface area contributed by atoms with Crippen LogP contribution in [0.1, 0.15) is 25.8 Å². The summed E-state index contributed by atoms with van der Waals surface area (Å²) in [6, 6.07) is 7.29. The van der Waals surface area contributed by atoms with Crippen LogP contribution >= 0.6 is 0 Å². The van der Waals surface area contributed by atoms with E-state index < -0.39 is 6.10 Å². The number of carbonyl (C=O) groups is 1. The Balaban J connectivity index is 2.38. The van der Waals surface area contributed by atoms with Crippen molar-refractivity contribution in [3.8, 4) is 0 Å². The third-order valence-electron chi connectivity index (χ3n) is 3.05. The van der Waals surface area contributed by atoms with E-state index in [1.807, 2.05) is 45.0 Å². The van der Waals surface area contributed by atoms with Crippen molar-refractivity contribution in [3.05, 3.63) is 29.8 Å². The van der Waals surface area contributed by atoms with Gasteiger partial charge >= 0.3 is 6.03 Å². The number of aliphatic hydroxyl groups is 1. The van der Waals surface area contributed by atoms with E-state index in [2.05, 4.69) is 10.6 Å². The maximum Gasteiger partial charge on any atom is 0.319 e. The van der Waals surface area contributed by atoms with Gasteiger partial charge < -0.3 is 15.7 Å². The molecule has 0 heterocycles. The smallest absolute Gasteiger partial charge is 0.319 e. The first-order valence-corrected chi connectivity index (χ1v) is 6.32. The van der Waals surface area contributed by atoms with Gasteiger partial charge in [0.25, 0.3) is 0 Å². The number of amides is 2. The van der Waals surface area contributed by atoms with Crippen molar-refractivity contribution < 1.29 is 9.90 Å². The zero-order valence-corrected chi connectivity index (χ0v) is 11.2. The molecule has 100 valence electrons. The van der Waals surface area contributed by atoms with Crippen molar-refractivity contribution in [1.82, 2.24) is 5.32 Å². The zero-order chi connectivity index (χ0) is 13.5. The molecule has 0 spiro atoms. The van der Waals surface area contributed by atoms with Crippen molar-refractivity contribution in [2.45, 2.75) is 33.3 Å². The molecule has 0 aliphatic rings. The van der Waals surface area contributed by atoms with Crippen molar-refractivity contribution in [1.29, 1.82) is 0 Å². The second kappa shape index (κ2) is 7.01. The summed E-state index contributed by atoms with van der Waals surface area (Å²) in [5.41, 5.74) is 1.85. The van der Waals surface area contributed by atoms with E-state index in [1.165, 1.54) is 0 Å². The van der Waals surface area contributed by atoms with E-state index in [9.17, 15) is 9.90 Å². The van der Waals surface area contributed by atoms with Crippen LogP contribution in [0.4, 0.5) is 10.5 Å². The molecule has 2 amide bonds. The van der Waals surface area contributed by atoms with Crippen LogP contribution in [-0.2, 0) is 0 Å². The highest BCUT2D eigenvalue weighted by atomic mass is 16.3. The highest BCUT2D eigenvalue weighted by Crippen LogP contribution is 2.09. The van der Waals surface area contributed by atoms with Crippen LogP contribution in [0.15, 0.2) is 24.3 Å². The number of benzene rings is 1. The normalized spacial score (nSPS) is 13.8. The molecule has 4 nitrogen and oxygen atoms in total. The highest BCUT2D eigenvalue weighted by Gasteiger charge is 2.13. The predicted molar refractivity (Wildman–Crippen MR) is 73.7 cm³/mol. The van der Waals surface area contributed by atoms with Crippen molar-refractivity contribution in [3.63, 3.8) is 0 Å². The van der Waals surface area contributed by atoms with E-state index in [-0.39, 0.29) is 18.5 Å². The molecule has 0 saturated heterocycles. The summed E-state index contributed by atoms with van der Waals surface area (Å²) in [5, 5.41) is 15.1. The first-order chi connectivity index (χ1) is 8.52.